The molecule has 0 spiro atoms. The average Bonchev–Trinajstić information content (AvgIpc) is 2.96. The molecule has 0 aliphatic carbocycles. The zero-order valence-electron chi connectivity index (χ0n) is 24.5. The number of fused-ring (bicyclic) bond motifs is 2. The summed E-state index contributed by atoms with van der Waals surface area (Å²) in [5, 5.41) is 5.36. The van der Waals surface area contributed by atoms with Crippen LogP contribution in [0.2, 0.25) is 0 Å². The highest BCUT2D eigenvalue weighted by atomic mass is 127. The van der Waals surface area contributed by atoms with Crippen LogP contribution in [0.25, 0.3) is 21.5 Å². The number of aryl methyl sites for hydroxylation is 2. The number of unbranched alkanes of at least 4 members (excludes halogenated alkanes) is 15. The lowest BCUT2D eigenvalue weighted by Crippen LogP contribution is -3.00. The molecule has 4 aromatic rings. The Hall–Kier alpha value is -1.28. The fraction of sp³-hybridized carbons (Fsp3) is 0.500. The molecular weight excluding hydrogens is 714 g/mol. The number of benzene rings is 2. The zero-order chi connectivity index (χ0) is 26.1. The number of rotatable bonds is 19. The SMILES string of the molecule is [I-].[I-].c1ccc2c[n+](CCCCCCCCCCCCCCCCCC[n+]3ccc4ccccc4c3)ccc2c1. The van der Waals surface area contributed by atoms with E-state index < -0.39 is 0 Å². The summed E-state index contributed by atoms with van der Waals surface area (Å²) in [5.41, 5.74) is 0. The molecule has 2 nitrogen and oxygen atoms in total. The van der Waals surface area contributed by atoms with Gasteiger partial charge in [-0.15, -0.1) is 0 Å². The zero-order valence-corrected chi connectivity index (χ0v) is 28.8. The molecular formula is C36H50I2N2. The molecule has 0 unspecified atom stereocenters. The van der Waals surface area contributed by atoms with Crippen LogP contribution in [0.5, 0.6) is 0 Å². The van der Waals surface area contributed by atoms with Gasteiger partial charge in [0.25, 0.3) is 0 Å². The molecule has 218 valence electrons. The second-order valence-corrected chi connectivity index (χ2v) is 11.3. The van der Waals surface area contributed by atoms with Gasteiger partial charge in [-0.25, -0.2) is 9.13 Å². The van der Waals surface area contributed by atoms with Crippen molar-refractivity contribution in [1.29, 1.82) is 0 Å². The highest BCUT2D eigenvalue weighted by Crippen LogP contribution is 2.15. The molecule has 0 atom stereocenters. The molecule has 0 bridgehead atoms. The van der Waals surface area contributed by atoms with Gasteiger partial charge in [-0.2, -0.15) is 0 Å². The lowest BCUT2D eigenvalue weighted by atomic mass is 10.0. The number of pyridine rings is 2. The predicted molar refractivity (Wildman–Crippen MR) is 162 cm³/mol. The van der Waals surface area contributed by atoms with Gasteiger partial charge < -0.3 is 48.0 Å². The van der Waals surface area contributed by atoms with Gasteiger partial charge >= 0.3 is 0 Å². The summed E-state index contributed by atoms with van der Waals surface area (Å²) in [6, 6.07) is 21.8. The average molecular weight is 765 g/mol. The number of nitrogens with zero attached hydrogens (tertiary/aromatic N) is 2. The molecule has 0 amide bonds. The maximum Gasteiger partial charge on any atom is 0.176 e. The van der Waals surface area contributed by atoms with E-state index >= 15 is 0 Å². The Kier molecular flexibility index (Phi) is 18.7. The molecule has 0 N–H and O–H groups in total. The third kappa shape index (κ3) is 13.1. The highest BCUT2D eigenvalue weighted by Gasteiger charge is 2.04. The Morgan fingerprint density at radius 1 is 0.325 bits per heavy atom. The third-order valence-electron chi connectivity index (χ3n) is 8.08. The quantitative estimate of drug-likeness (QED) is 0.0786. The fourth-order valence-corrected chi connectivity index (χ4v) is 5.70. The lowest BCUT2D eigenvalue weighted by molar-refractivity contribution is -0.696. The Bertz CT molecular complexity index is 1110. The van der Waals surface area contributed by atoms with E-state index in [2.05, 4.69) is 94.6 Å². The fourth-order valence-electron chi connectivity index (χ4n) is 5.70. The third-order valence-corrected chi connectivity index (χ3v) is 8.08. The topological polar surface area (TPSA) is 7.76 Å². The Morgan fingerprint density at radius 2 is 0.600 bits per heavy atom. The molecule has 0 radical (unpaired) electrons. The van der Waals surface area contributed by atoms with Crippen molar-refractivity contribution in [2.24, 2.45) is 0 Å². The maximum atomic E-state index is 2.36. The second kappa shape index (κ2) is 21.4. The van der Waals surface area contributed by atoms with Crippen molar-refractivity contribution in [3.8, 4) is 0 Å². The number of halogens is 2. The summed E-state index contributed by atoms with van der Waals surface area (Å²) in [6.07, 6.45) is 31.5. The first-order valence-electron chi connectivity index (χ1n) is 15.6. The molecule has 2 aromatic carbocycles. The van der Waals surface area contributed by atoms with E-state index in [1.165, 1.54) is 124 Å². The molecule has 0 aliphatic rings. The van der Waals surface area contributed by atoms with E-state index in [1.54, 1.807) is 0 Å². The van der Waals surface area contributed by atoms with Crippen molar-refractivity contribution in [2.45, 2.75) is 116 Å². The summed E-state index contributed by atoms with van der Waals surface area (Å²) in [5.74, 6) is 0. The minimum atomic E-state index is 0. The van der Waals surface area contributed by atoms with Gasteiger partial charge in [-0.05, 0) is 35.7 Å². The van der Waals surface area contributed by atoms with Gasteiger partial charge in [-0.1, -0.05) is 113 Å². The van der Waals surface area contributed by atoms with Gasteiger partial charge in [0.1, 0.15) is 13.1 Å². The van der Waals surface area contributed by atoms with Gasteiger partial charge in [-0.3, -0.25) is 0 Å². The first kappa shape index (κ1) is 34.9. The second-order valence-electron chi connectivity index (χ2n) is 11.3. The minimum absolute atomic E-state index is 0. The van der Waals surface area contributed by atoms with Gasteiger partial charge in [0.05, 0.1) is 0 Å². The van der Waals surface area contributed by atoms with Crippen molar-refractivity contribution in [2.75, 3.05) is 0 Å². The van der Waals surface area contributed by atoms with Crippen molar-refractivity contribution >= 4 is 21.5 Å². The van der Waals surface area contributed by atoms with Crippen LogP contribution in [0.15, 0.2) is 85.5 Å². The van der Waals surface area contributed by atoms with Crippen LogP contribution >= 0.6 is 0 Å². The monoisotopic (exact) mass is 764 g/mol. The Balaban J connectivity index is 0.00000280. The summed E-state index contributed by atoms with van der Waals surface area (Å²) in [4.78, 5) is 0. The molecule has 0 saturated carbocycles. The van der Waals surface area contributed by atoms with Crippen LogP contribution in [-0.4, -0.2) is 0 Å². The predicted octanol–water partition coefficient (Wildman–Crippen LogP) is 3.52. The largest absolute Gasteiger partial charge is 1.00 e. The van der Waals surface area contributed by atoms with Crippen LogP contribution in [-0.2, 0) is 13.1 Å². The van der Waals surface area contributed by atoms with Gasteiger partial charge in [0, 0.05) is 35.7 Å². The number of aromatic nitrogens is 2. The normalized spacial score (nSPS) is 10.9. The molecule has 0 saturated heterocycles. The van der Waals surface area contributed by atoms with E-state index in [1.807, 2.05) is 0 Å². The molecule has 4 rings (SSSR count). The van der Waals surface area contributed by atoms with Crippen LogP contribution in [0, 0.1) is 0 Å². The van der Waals surface area contributed by atoms with E-state index in [-0.39, 0.29) is 48.0 Å². The molecule has 40 heavy (non-hydrogen) atoms. The van der Waals surface area contributed by atoms with Crippen molar-refractivity contribution in [1.82, 2.24) is 0 Å². The maximum absolute atomic E-state index is 2.36. The first-order valence-corrected chi connectivity index (χ1v) is 15.6. The summed E-state index contributed by atoms with van der Waals surface area (Å²) >= 11 is 0. The van der Waals surface area contributed by atoms with Crippen molar-refractivity contribution < 1.29 is 57.1 Å². The summed E-state index contributed by atoms with van der Waals surface area (Å²) in [7, 11) is 0. The minimum Gasteiger partial charge on any atom is -1.00 e. The smallest absolute Gasteiger partial charge is 0.176 e. The van der Waals surface area contributed by atoms with E-state index in [0.717, 1.165) is 13.1 Å². The number of hydrogen-bond acceptors (Lipinski definition) is 0. The number of hydrogen-bond donors (Lipinski definition) is 0. The summed E-state index contributed by atoms with van der Waals surface area (Å²) in [6.45, 7) is 2.30. The summed E-state index contributed by atoms with van der Waals surface area (Å²) < 4.78 is 4.71. The highest BCUT2D eigenvalue weighted by molar-refractivity contribution is 5.80. The van der Waals surface area contributed by atoms with Crippen LogP contribution < -0.4 is 57.1 Å². The van der Waals surface area contributed by atoms with Crippen LogP contribution in [0.1, 0.15) is 103 Å². The molecule has 0 aliphatic heterocycles. The van der Waals surface area contributed by atoms with Crippen molar-refractivity contribution in [3.63, 3.8) is 0 Å². The van der Waals surface area contributed by atoms with E-state index in [4.69, 9.17) is 0 Å². The van der Waals surface area contributed by atoms with Gasteiger partial charge in [0.15, 0.2) is 24.8 Å². The van der Waals surface area contributed by atoms with E-state index in [9.17, 15) is 0 Å². The van der Waals surface area contributed by atoms with Gasteiger partial charge in [0.2, 0.25) is 0 Å². The van der Waals surface area contributed by atoms with Crippen molar-refractivity contribution in [3.05, 3.63) is 85.5 Å². The Labute approximate surface area is 278 Å². The van der Waals surface area contributed by atoms with Crippen LogP contribution in [0.3, 0.4) is 0 Å². The standard InChI is InChI=1S/C36H50N2.2HI/c1(3-5-7-9-11-13-19-27-37-29-25-33-21-15-17-23-35(33)31-37)2-4-6-8-10-12-14-20-28-38-30-26-34-22-16-18-24-36(34)32-38;;/h15-18,21-26,29-32H,1-14,19-20,27-28H2;2*1H/q+2;;/p-2. The molecule has 0 fully saturated rings. The lowest BCUT2D eigenvalue weighted by Gasteiger charge is -2.04. The van der Waals surface area contributed by atoms with E-state index in [0.29, 0.717) is 0 Å². The molecule has 4 heteroatoms. The molecule has 2 aromatic heterocycles. The Morgan fingerprint density at radius 3 is 0.925 bits per heavy atom. The molecule has 2 heterocycles. The van der Waals surface area contributed by atoms with Crippen LogP contribution in [0.4, 0.5) is 0 Å². The first-order chi connectivity index (χ1) is 18.9.